The largest absolute Gasteiger partial charge is 0.485 e. The molecule has 2 aromatic rings. The van der Waals surface area contributed by atoms with E-state index in [1.807, 2.05) is 43.7 Å². The van der Waals surface area contributed by atoms with Crippen LogP contribution in [0.4, 0.5) is 0 Å². The van der Waals surface area contributed by atoms with Gasteiger partial charge in [-0.25, -0.2) is 0 Å². The minimum atomic E-state index is -0.464. The van der Waals surface area contributed by atoms with Crippen molar-refractivity contribution in [2.75, 3.05) is 0 Å². The van der Waals surface area contributed by atoms with Crippen molar-refractivity contribution in [1.29, 1.82) is 0 Å². The number of benzene rings is 1. The molecule has 19 heavy (non-hydrogen) atoms. The number of rotatable bonds is 4. The van der Waals surface area contributed by atoms with Crippen molar-refractivity contribution in [1.82, 2.24) is 14.8 Å². The molecule has 0 aliphatic carbocycles. The van der Waals surface area contributed by atoms with Gasteiger partial charge in [-0.15, -0.1) is 10.2 Å². The first-order valence-corrected chi connectivity index (χ1v) is 6.25. The molecule has 1 heterocycles. The molecule has 1 aromatic carbocycles. The van der Waals surface area contributed by atoms with Crippen molar-refractivity contribution in [3.63, 3.8) is 0 Å². The molecule has 0 amide bonds. The highest BCUT2D eigenvalue weighted by molar-refractivity contribution is 5.36. The molecular formula is C14H19N3O2. The second-order valence-corrected chi connectivity index (χ2v) is 4.71. The maximum Gasteiger partial charge on any atom is 0.170 e. The molecule has 2 rings (SSSR count). The van der Waals surface area contributed by atoms with Crippen LogP contribution in [-0.4, -0.2) is 19.9 Å². The topological polar surface area (TPSA) is 60.2 Å². The summed E-state index contributed by atoms with van der Waals surface area (Å²) in [5.41, 5.74) is 1.89. The Hall–Kier alpha value is -1.88. The first kappa shape index (κ1) is 13.5. The Morgan fingerprint density at radius 2 is 2.05 bits per heavy atom. The second kappa shape index (κ2) is 5.40. The average Bonchev–Trinajstić information content (AvgIpc) is 2.68. The van der Waals surface area contributed by atoms with Crippen molar-refractivity contribution in [2.24, 2.45) is 7.05 Å². The quantitative estimate of drug-likeness (QED) is 0.915. The van der Waals surface area contributed by atoms with Crippen molar-refractivity contribution in [3.8, 4) is 5.75 Å². The zero-order chi connectivity index (χ0) is 14.0. The molecular weight excluding hydrogens is 242 g/mol. The van der Waals surface area contributed by atoms with Gasteiger partial charge in [0.15, 0.2) is 5.82 Å². The molecule has 1 N–H and O–H groups in total. The number of hydrogen-bond acceptors (Lipinski definition) is 4. The Bertz CT molecular complexity index is 576. The molecule has 0 spiro atoms. The molecule has 5 heteroatoms. The summed E-state index contributed by atoms with van der Waals surface area (Å²) in [4.78, 5) is 0. The lowest BCUT2D eigenvalue weighted by molar-refractivity contribution is 0.199. The van der Waals surface area contributed by atoms with Gasteiger partial charge in [0.05, 0.1) is 6.10 Å². The summed E-state index contributed by atoms with van der Waals surface area (Å²) in [6.07, 6.45) is -0.464. The standard InChI is InChI=1S/C14H19N3O2/c1-9-7-12(10(2)18)5-6-13(9)19-8-14-16-15-11(3)17(14)4/h5-7,10,18H,8H2,1-4H3/t10-/m0/s1. The van der Waals surface area contributed by atoms with Gasteiger partial charge < -0.3 is 14.4 Å². The SMILES string of the molecule is Cc1cc([C@H](C)O)ccc1OCc1nnc(C)n1C. The number of nitrogens with zero attached hydrogens (tertiary/aromatic N) is 3. The van der Waals surface area contributed by atoms with Crippen LogP contribution in [0.3, 0.4) is 0 Å². The summed E-state index contributed by atoms with van der Waals surface area (Å²) in [6.45, 7) is 5.99. The number of hydrogen-bond donors (Lipinski definition) is 1. The third-order valence-electron chi connectivity index (χ3n) is 3.22. The maximum atomic E-state index is 9.52. The van der Waals surface area contributed by atoms with E-state index in [9.17, 15) is 5.11 Å². The molecule has 0 saturated heterocycles. The average molecular weight is 261 g/mol. The molecule has 0 saturated carbocycles. The lowest BCUT2D eigenvalue weighted by Gasteiger charge is -2.11. The summed E-state index contributed by atoms with van der Waals surface area (Å²) < 4.78 is 7.65. The summed E-state index contributed by atoms with van der Waals surface area (Å²) in [6, 6.07) is 5.68. The van der Waals surface area contributed by atoms with Crippen molar-refractivity contribution < 1.29 is 9.84 Å². The Morgan fingerprint density at radius 1 is 1.32 bits per heavy atom. The second-order valence-electron chi connectivity index (χ2n) is 4.71. The van der Waals surface area contributed by atoms with Gasteiger partial charge >= 0.3 is 0 Å². The van der Waals surface area contributed by atoms with Crippen LogP contribution in [0.5, 0.6) is 5.75 Å². The molecule has 1 aromatic heterocycles. The van der Waals surface area contributed by atoms with E-state index in [0.717, 1.165) is 28.5 Å². The van der Waals surface area contributed by atoms with E-state index >= 15 is 0 Å². The van der Waals surface area contributed by atoms with Crippen molar-refractivity contribution >= 4 is 0 Å². The molecule has 102 valence electrons. The number of aliphatic hydroxyl groups is 1. The van der Waals surface area contributed by atoms with E-state index in [4.69, 9.17) is 4.74 Å². The van der Waals surface area contributed by atoms with E-state index in [-0.39, 0.29) is 0 Å². The van der Waals surface area contributed by atoms with Gasteiger partial charge in [0.25, 0.3) is 0 Å². The highest BCUT2D eigenvalue weighted by Crippen LogP contribution is 2.23. The molecule has 0 radical (unpaired) electrons. The van der Waals surface area contributed by atoms with Crippen molar-refractivity contribution in [2.45, 2.75) is 33.5 Å². The molecule has 1 atom stereocenters. The van der Waals surface area contributed by atoms with Crippen LogP contribution >= 0.6 is 0 Å². The number of aryl methyl sites for hydroxylation is 2. The van der Waals surface area contributed by atoms with Crippen LogP contribution in [0.1, 0.15) is 35.8 Å². The lowest BCUT2D eigenvalue weighted by Crippen LogP contribution is -2.05. The fourth-order valence-corrected chi connectivity index (χ4v) is 1.81. The van der Waals surface area contributed by atoms with Gasteiger partial charge in [0.1, 0.15) is 18.2 Å². The summed E-state index contributed by atoms with van der Waals surface area (Å²) in [7, 11) is 1.91. The lowest BCUT2D eigenvalue weighted by atomic mass is 10.1. The van der Waals surface area contributed by atoms with Crippen LogP contribution < -0.4 is 4.74 Å². The number of aliphatic hydroxyl groups excluding tert-OH is 1. The van der Waals surface area contributed by atoms with Gasteiger partial charge in [-0.05, 0) is 44.0 Å². The molecule has 0 bridgehead atoms. The van der Waals surface area contributed by atoms with Gasteiger partial charge in [-0.2, -0.15) is 0 Å². The third-order valence-corrected chi connectivity index (χ3v) is 3.22. The Labute approximate surface area is 112 Å². The summed E-state index contributed by atoms with van der Waals surface area (Å²) in [5.74, 6) is 2.45. The fraction of sp³-hybridized carbons (Fsp3) is 0.429. The van der Waals surface area contributed by atoms with Crippen LogP contribution in [0.25, 0.3) is 0 Å². The zero-order valence-electron chi connectivity index (χ0n) is 11.7. The van der Waals surface area contributed by atoms with Gasteiger partial charge in [0.2, 0.25) is 0 Å². The highest BCUT2D eigenvalue weighted by atomic mass is 16.5. The van der Waals surface area contributed by atoms with Crippen LogP contribution in [-0.2, 0) is 13.7 Å². The predicted molar refractivity (Wildman–Crippen MR) is 71.9 cm³/mol. The smallest absolute Gasteiger partial charge is 0.170 e. The minimum Gasteiger partial charge on any atom is -0.485 e. The molecule has 5 nitrogen and oxygen atoms in total. The highest BCUT2D eigenvalue weighted by Gasteiger charge is 2.08. The number of aromatic nitrogens is 3. The minimum absolute atomic E-state index is 0.381. The molecule has 0 aliphatic rings. The summed E-state index contributed by atoms with van der Waals surface area (Å²) in [5, 5.41) is 17.6. The Kier molecular flexibility index (Phi) is 3.85. The first-order valence-electron chi connectivity index (χ1n) is 6.25. The Morgan fingerprint density at radius 3 is 2.58 bits per heavy atom. The zero-order valence-corrected chi connectivity index (χ0v) is 11.7. The van der Waals surface area contributed by atoms with E-state index in [1.54, 1.807) is 6.92 Å². The van der Waals surface area contributed by atoms with E-state index in [1.165, 1.54) is 0 Å². The molecule has 0 aliphatic heterocycles. The van der Waals surface area contributed by atoms with Crippen molar-refractivity contribution in [3.05, 3.63) is 41.0 Å². The maximum absolute atomic E-state index is 9.52. The van der Waals surface area contributed by atoms with Gasteiger partial charge in [-0.1, -0.05) is 6.07 Å². The monoisotopic (exact) mass is 261 g/mol. The number of ether oxygens (including phenoxy) is 1. The van der Waals surface area contributed by atoms with E-state index in [0.29, 0.717) is 6.61 Å². The van der Waals surface area contributed by atoms with Gasteiger partial charge in [-0.3, -0.25) is 0 Å². The third kappa shape index (κ3) is 2.93. The van der Waals surface area contributed by atoms with Crippen LogP contribution in [0, 0.1) is 13.8 Å². The normalized spacial score (nSPS) is 12.5. The van der Waals surface area contributed by atoms with Crippen LogP contribution in [0.2, 0.25) is 0 Å². The predicted octanol–water partition coefficient (Wildman–Crippen LogP) is 2.06. The molecule has 0 fully saturated rings. The van der Waals surface area contributed by atoms with E-state index < -0.39 is 6.10 Å². The van der Waals surface area contributed by atoms with E-state index in [2.05, 4.69) is 10.2 Å². The van der Waals surface area contributed by atoms with Crippen LogP contribution in [0.15, 0.2) is 18.2 Å². The fourth-order valence-electron chi connectivity index (χ4n) is 1.81. The summed E-state index contributed by atoms with van der Waals surface area (Å²) >= 11 is 0. The molecule has 0 unspecified atom stereocenters. The van der Waals surface area contributed by atoms with Gasteiger partial charge in [0, 0.05) is 7.05 Å². The first-order chi connectivity index (χ1) is 8.99. The Balaban J connectivity index is 2.10.